The first-order chi connectivity index (χ1) is 5.61. The van der Waals surface area contributed by atoms with Gasteiger partial charge in [0.15, 0.2) is 0 Å². The summed E-state index contributed by atoms with van der Waals surface area (Å²) in [4.78, 5) is 0. The molecule has 0 unspecified atom stereocenters. The third kappa shape index (κ3) is 4.19. The van der Waals surface area contributed by atoms with Crippen LogP contribution in [-0.2, 0) is 0 Å². The standard InChI is InChI=1S/C10H20N2/c1-5-6-10(9(4)7-11)12-8(2)3/h6,8,12H,4-5,7,11H2,1-3H3/b10-6+. The molecular weight excluding hydrogens is 148 g/mol. The van der Waals surface area contributed by atoms with Crippen molar-refractivity contribution >= 4 is 0 Å². The summed E-state index contributed by atoms with van der Waals surface area (Å²) in [6.07, 6.45) is 3.13. The highest BCUT2D eigenvalue weighted by atomic mass is 14.9. The number of hydrogen-bond donors (Lipinski definition) is 2. The van der Waals surface area contributed by atoms with E-state index in [-0.39, 0.29) is 0 Å². The van der Waals surface area contributed by atoms with Crippen LogP contribution in [0.15, 0.2) is 23.9 Å². The predicted octanol–water partition coefficient (Wildman–Crippen LogP) is 1.79. The van der Waals surface area contributed by atoms with Crippen LogP contribution in [0.5, 0.6) is 0 Å². The van der Waals surface area contributed by atoms with Gasteiger partial charge >= 0.3 is 0 Å². The fraction of sp³-hybridized carbons (Fsp3) is 0.600. The molecule has 0 saturated carbocycles. The molecule has 0 bridgehead atoms. The molecule has 12 heavy (non-hydrogen) atoms. The highest BCUT2D eigenvalue weighted by Crippen LogP contribution is 2.04. The number of allylic oxidation sites excluding steroid dienone is 1. The molecule has 0 aromatic rings. The molecule has 0 saturated heterocycles. The van der Waals surface area contributed by atoms with Crippen LogP contribution in [0.1, 0.15) is 27.2 Å². The molecule has 0 aromatic carbocycles. The second-order valence-corrected chi connectivity index (χ2v) is 3.13. The van der Waals surface area contributed by atoms with Crippen LogP contribution in [0.4, 0.5) is 0 Å². The SMILES string of the molecule is C=C(CN)/C(=C\CC)NC(C)C. The van der Waals surface area contributed by atoms with Gasteiger partial charge in [-0.25, -0.2) is 0 Å². The lowest BCUT2D eigenvalue weighted by Crippen LogP contribution is -2.25. The van der Waals surface area contributed by atoms with Gasteiger partial charge in [-0.15, -0.1) is 0 Å². The van der Waals surface area contributed by atoms with Crippen LogP contribution in [0.3, 0.4) is 0 Å². The molecule has 0 aliphatic heterocycles. The van der Waals surface area contributed by atoms with Gasteiger partial charge in [0.2, 0.25) is 0 Å². The number of rotatable bonds is 5. The van der Waals surface area contributed by atoms with Gasteiger partial charge in [-0.2, -0.15) is 0 Å². The lowest BCUT2D eigenvalue weighted by Gasteiger charge is -2.15. The zero-order chi connectivity index (χ0) is 9.56. The van der Waals surface area contributed by atoms with Crippen molar-refractivity contribution in [2.75, 3.05) is 6.54 Å². The molecule has 0 aliphatic carbocycles. The molecule has 0 aromatic heterocycles. The van der Waals surface area contributed by atoms with Gasteiger partial charge in [-0.3, -0.25) is 0 Å². The van der Waals surface area contributed by atoms with Gasteiger partial charge in [0.25, 0.3) is 0 Å². The summed E-state index contributed by atoms with van der Waals surface area (Å²) in [5.74, 6) is 0. The predicted molar refractivity (Wildman–Crippen MR) is 54.8 cm³/mol. The van der Waals surface area contributed by atoms with E-state index < -0.39 is 0 Å². The van der Waals surface area contributed by atoms with Crippen LogP contribution in [-0.4, -0.2) is 12.6 Å². The summed E-state index contributed by atoms with van der Waals surface area (Å²) in [5.41, 5.74) is 7.57. The molecule has 0 spiro atoms. The second kappa shape index (κ2) is 5.84. The van der Waals surface area contributed by atoms with E-state index >= 15 is 0 Å². The lowest BCUT2D eigenvalue weighted by molar-refractivity contribution is 0.669. The maximum atomic E-state index is 5.50. The molecule has 2 nitrogen and oxygen atoms in total. The number of nitrogens with two attached hydrogens (primary N) is 1. The lowest BCUT2D eigenvalue weighted by atomic mass is 10.1. The van der Waals surface area contributed by atoms with Crippen molar-refractivity contribution in [3.05, 3.63) is 23.9 Å². The van der Waals surface area contributed by atoms with Crippen molar-refractivity contribution in [1.29, 1.82) is 0 Å². The van der Waals surface area contributed by atoms with E-state index in [0.29, 0.717) is 12.6 Å². The van der Waals surface area contributed by atoms with Crippen molar-refractivity contribution in [3.8, 4) is 0 Å². The zero-order valence-electron chi connectivity index (χ0n) is 8.35. The van der Waals surface area contributed by atoms with Gasteiger partial charge in [0, 0.05) is 18.3 Å². The number of hydrogen-bond acceptors (Lipinski definition) is 2. The molecule has 3 N–H and O–H groups in total. The third-order valence-corrected chi connectivity index (χ3v) is 1.48. The minimum Gasteiger partial charge on any atom is -0.383 e. The third-order valence-electron chi connectivity index (χ3n) is 1.48. The van der Waals surface area contributed by atoms with Crippen molar-refractivity contribution in [2.45, 2.75) is 33.2 Å². The van der Waals surface area contributed by atoms with Gasteiger partial charge in [0.05, 0.1) is 0 Å². The average Bonchev–Trinajstić information content (AvgIpc) is 2.01. The normalized spacial score (nSPS) is 11.9. The molecule has 70 valence electrons. The van der Waals surface area contributed by atoms with E-state index in [9.17, 15) is 0 Å². The fourth-order valence-corrected chi connectivity index (χ4v) is 0.930. The Balaban J connectivity index is 4.24. The van der Waals surface area contributed by atoms with E-state index in [1.54, 1.807) is 0 Å². The van der Waals surface area contributed by atoms with Crippen LogP contribution in [0, 0.1) is 0 Å². The topological polar surface area (TPSA) is 38.0 Å². The van der Waals surface area contributed by atoms with Gasteiger partial charge in [-0.05, 0) is 25.8 Å². The monoisotopic (exact) mass is 168 g/mol. The molecule has 0 atom stereocenters. The van der Waals surface area contributed by atoms with E-state index in [4.69, 9.17) is 5.73 Å². The summed E-state index contributed by atoms with van der Waals surface area (Å²) >= 11 is 0. The summed E-state index contributed by atoms with van der Waals surface area (Å²) in [6.45, 7) is 10.7. The molecule has 0 radical (unpaired) electrons. The van der Waals surface area contributed by atoms with Crippen LogP contribution >= 0.6 is 0 Å². The zero-order valence-corrected chi connectivity index (χ0v) is 8.35. The van der Waals surface area contributed by atoms with E-state index in [1.165, 1.54) is 0 Å². The Morgan fingerprint density at radius 2 is 2.17 bits per heavy atom. The summed E-state index contributed by atoms with van der Waals surface area (Å²) in [5, 5.41) is 3.31. The average molecular weight is 168 g/mol. The molecule has 2 heteroatoms. The first-order valence-electron chi connectivity index (χ1n) is 4.46. The van der Waals surface area contributed by atoms with E-state index in [2.05, 4.69) is 38.7 Å². The smallest absolute Gasteiger partial charge is 0.0341 e. The largest absolute Gasteiger partial charge is 0.383 e. The summed E-state index contributed by atoms with van der Waals surface area (Å²) < 4.78 is 0. The number of nitrogens with one attached hydrogen (secondary N) is 1. The van der Waals surface area contributed by atoms with Gasteiger partial charge < -0.3 is 11.1 Å². The highest BCUT2D eigenvalue weighted by molar-refractivity contribution is 5.27. The van der Waals surface area contributed by atoms with E-state index in [0.717, 1.165) is 17.7 Å². The van der Waals surface area contributed by atoms with Crippen molar-refractivity contribution < 1.29 is 0 Å². The summed E-state index contributed by atoms with van der Waals surface area (Å²) in [6, 6.07) is 0.436. The maximum absolute atomic E-state index is 5.50. The summed E-state index contributed by atoms with van der Waals surface area (Å²) in [7, 11) is 0. The van der Waals surface area contributed by atoms with Crippen molar-refractivity contribution in [1.82, 2.24) is 5.32 Å². The van der Waals surface area contributed by atoms with Crippen molar-refractivity contribution in [2.24, 2.45) is 5.73 Å². The molecule has 0 heterocycles. The maximum Gasteiger partial charge on any atom is 0.0341 e. The van der Waals surface area contributed by atoms with Gasteiger partial charge in [0.1, 0.15) is 0 Å². The first-order valence-corrected chi connectivity index (χ1v) is 4.46. The minimum absolute atomic E-state index is 0.436. The van der Waals surface area contributed by atoms with Crippen LogP contribution < -0.4 is 11.1 Å². The molecule has 0 fully saturated rings. The van der Waals surface area contributed by atoms with Crippen LogP contribution in [0.25, 0.3) is 0 Å². The van der Waals surface area contributed by atoms with Crippen molar-refractivity contribution in [3.63, 3.8) is 0 Å². The Bertz CT molecular complexity index is 169. The molecule has 0 aliphatic rings. The molecule has 0 amide bonds. The minimum atomic E-state index is 0.436. The van der Waals surface area contributed by atoms with Crippen LogP contribution in [0.2, 0.25) is 0 Å². The molecule has 0 rings (SSSR count). The quantitative estimate of drug-likeness (QED) is 0.614. The Hall–Kier alpha value is -0.760. The Morgan fingerprint density at radius 1 is 1.58 bits per heavy atom. The first kappa shape index (κ1) is 11.2. The van der Waals surface area contributed by atoms with E-state index in [1.807, 2.05) is 0 Å². The highest BCUT2D eigenvalue weighted by Gasteiger charge is 2.00. The second-order valence-electron chi connectivity index (χ2n) is 3.13. The Labute approximate surface area is 75.5 Å². The Morgan fingerprint density at radius 3 is 2.50 bits per heavy atom. The van der Waals surface area contributed by atoms with Gasteiger partial charge in [-0.1, -0.05) is 19.6 Å². The Kier molecular flexibility index (Phi) is 5.47. The fourth-order valence-electron chi connectivity index (χ4n) is 0.930. The molecular formula is C10H20N2.